The Morgan fingerprint density at radius 3 is 2.65 bits per heavy atom. The SMILES string of the molecule is C[C@@H](O)CNC(=O)COc1ccc(CN)cc1. The Hall–Kier alpha value is -1.59. The molecule has 0 aromatic heterocycles. The monoisotopic (exact) mass is 238 g/mol. The number of nitrogens with two attached hydrogens (primary N) is 1. The van der Waals surface area contributed by atoms with Gasteiger partial charge in [0.05, 0.1) is 6.10 Å². The van der Waals surface area contributed by atoms with Crippen LogP contribution in [0.2, 0.25) is 0 Å². The van der Waals surface area contributed by atoms with Crippen LogP contribution in [0, 0.1) is 0 Å². The van der Waals surface area contributed by atoms with Crippen molar-refractivity contribution in [2.24, 2.45) is 5.73 Å². The second-order valence-corrected chi connectivity index (χ2v) is 3.79. The highest BCUT2D eigenvalue weighted by atomic mass is 16.5. The van der Waals surface area contributed by atoms with Crippen molar-refractivity contribution in [2.75, 3.05) is 13.2 Å². The largest absolute Gasteiger partial charge is 0.484 e. The van der Waals surface area contributed by atoms with Crippen molar-refractivity contribution < 1.29 is 14.6 Å². The normalized spacial score (nSPS) is 11.9. The van der Waals surface area contributed by atoms with Crippen molar-refractivity contribution in [3.8, 4) is 5.75 Å². The molecule has 1 rings (SSSR count). The van der Waals surface area contributed by atoms with Gasteiger partial charge < -0.3 is 20.9 Å². The lowest BCUT2D eigenvalue weighted by molar-refractivity contribution is -0.123. The molecule has 1 aromatic rings. The van der Waals surface area contributed by atoms with E-state index in [1.165, 1.54) is 0 Å². The van der Waals surface area contributed by atoms with Gasteiger partial charge in [-0.15, -0.1) is 0 Å². The molecule has 0 aliphatic heterocycles. The summed E-state index contributed by atoms with van der Waals surface area (Å²) in [7, 11) is 0. The first-order chi connectivity index (χ1) is 8.11. The fourth-order valence-corrected chi connectivity index (χ4v) is 1.18. The van der Waals surface area contributed by atoms with Crippen LogP contribution in [-0.2, 0) is 11.3 Å². The lowest BCUT2D eigenvalue weighted by Gasteiger charge is -2.09. The number of rotatable bonds is 6. The number of nitrogens with one attached hydrogen (secondary N) is 1. The maximum absolute atomic E-state index is 11.3. The lowest BCUT2D eigenvalue weighted by atomic mass is 10.2. The number of hydrogen-bond donors (Lipinski definition) is 3. The summed E-state index contributed by atoms with van der Waals surface area (Å²) >= 11 is 0. The van der Waals surface area contributed by atoms with Gasteiger partial charge in [-0.25, -0.2) is 0 Å². The van der Waals surface area contributed by atoms with Gasteiger partial charge in [-0.05, 0) is 24.6 Å². The average molecular weight is 238 g/mol. The Morgan fingerprint density at radius 2 is 2.12 bits per heavy atom. The summed E-state index contributed by atoms with van der Waals surface area (Å²) in [6, 6.07) is 7.24. The second-order valence-electron chi connectivity index (χ2n) is 3.79. The highest BCUT2D eigenvalue weighted by molar-refractivity contribution is 5.77. The van der Waals surface area contributed by atoms with Crippen molar-refractivity contribution >= 4 is 5.91 Å². The van der Waals surface area contributed by atoms with Gasteiger partial charge in [-0.2, -0.15) is 0 Å². The van der Waals surface area contributed by atoms with Gasteiger partial charge >= 0.3 is 0 Å². The molecular formula is C12H18N2O3. The molecule has 0 aliphatic carbocycles. The van der Waals surface area contributed by atoms with Crippen LogP contribution in [0.3, 0.4) is 0 Å². The number of carbonyl (C=O) groups excluding carboxylic acids is 1. The molecule has 0 saturated heterocycles. The van der Waals surface area contributed by atoms with E-state index in [-0.39, 0.29) is 19.1 Å². The highest BCUT2D eigenvalue weighted by Gasteiger charge is 2.03. The summed E-state index contributed by atoms with van der Waals surface area (Å²) in [6.07, 6.45) is -0.553. The number of aliphatic hydroxyl groups excluding tert-OH is 1. The molecule has 5 nitrogen and oxygen atoms in total. The fraction of sp³-hybridized carbons (Fsp3) is 0.417. The van der Waals surface area contributed by atoms with Crippen molar-refractivity contribution in [1.82, 2.24) is 5.32 Å². The summed E-state index contributed by atoms with van der Waals surface area (Å²) in [6.45, 7) is 2.25. The topological polar surface area (TPSA) is 84.6 Å². The summed E-state index contributed by atoms with van der Waals surface area (Å²) in [5, 5.41) is 11.5. The Kier molecular flexibility index (Phi) is 5.45. The van der Waals surface area contributed by atoms with Gasteiger partial charge in [-0.1, -0.05) is 12.1 Å². The Morgan fingerprint density at radius 1 is 1.47 bits per heavy atom. The lowest BCUT2D eigenvalue weighted by Crippen LogP contribution is -2.34. The Bertz CT molecular complexity index is 349. The Labute approximate surface area is 101 Å². The Balaban J connectivity index is 2.31. The third-order valence-corrected chi connectivity index (χ3v) is 2.12. The van der Waals surface area contributed by atoms with Gasteiger partial charge in [-0.3, -0.25) is 4.79 Å². The quantitative estimate of drug-likeness (QED) is 0.652. The molecule has 0 unspecified atom stereocenters. The zero-order valence-electron chi connectivity index (χ0n) is 9.85. The molecule has 0 heterocycles. The van der Waals surface area contributed by atoms with E-state index in [9.17, 15) is 4.79 Å². The molecule has 1 amide bonds. The molecule has 1 atom stereocenters. The maximum Gasteiger partial charge on any atom is 0.258 e. The van der Waals surface area contributed by atoms with E-state index >= 15 is 0 Å². The second kappa shape index (κ2) is 6.88. The molecule has 0 aliphatic rings. The van der Waals surface area contributed by atoms with Gasteiger partial charge in [0.15, 0.2) is 6.61 Å². The third kappa shape index (κ3) is 5.33. The molecule has 0 radical (unpaired) electrons. The van der Waals surface area contributed by atoms with E-state index < -0.39 is 6.10 Å². The van der Waals surface area contributed by atoms with E-state index in [1.807, 2.05) is 12.1 Å². The first-order valence-electron chi connectivity index (χ1n) is 5.48. The minimum absolute atomic E-state index is 0.0608. The van der Waals surface area contributed by atoms with E-state index in [1.54, 1.807) is 19.1 Å². The van der Waals surface area contributed by atoms with Gasteiger partial charge in [0, 0.05) is 13.1 Å². The molecule has 17 heavy (non-hydrogen) atoms. The molecule has 1 aromatic carbocycles. The summed E-state index contributed by atoms with van der Waals surface area (Å²) in [5.74, 6) is 0.364. The highest BCUT2D eigenvalue weighted by Crippen LogP contribution is 2.11. The van der Waals surface area contributed by atoms with E-state index in [0.717, 1.165) is 5.56 Å². The van der Waals surface area contributed by atoms with E-state index in [0.29, 0.717) is 12.3 Å². The van der Waals surface area contributed by atoms with Crippen molar-refractivity contribution in [3.05, 3.63) is 29.8 Å². The minimum atomic E-state index is -0.553. The fourth-order valence-electron chi connectivity index (χ4n) is 1.18. The van der Waals surface area contributed by atoms with Crippen LogP contribution in [0.15, 0.2) is 24.3 Å². The standard InChI is InChI=1S/C12H18N2O3/c1-9(15)7-14-12(16)8-17-11-4-2-10(6-13)3-5-11/h2-5,9,15H,6-8,13H2,1H3,(H,14,16)/t9-/m1/s1. The zero-order valence-corrected chi connectivity index (χ0v) is 9.85. The van der Waals surface area contributed by atoms with E-state index in [4.69, 9.17) is 15.6 Å². The first kappa shape index (κ1) is 13.5. The van der Waals surface area contributed by atoms with Crippen LogP contribution in [0.1, 0.15) is 12.5 Å². The van der Waals surface area contributed by atoms with Crippen LogP contribution in [0.25, 0.3) is 0 Å². The van der Waals surface area contributed by atoms with Crippen molar-refractivity contribution in [1.29, 1.82) is 0 Å². The molecular weight excluding hydrogens is 220 g/mol. The van der Waals surface area contributed by atoms with E-state index in [2.05, 4.69) is 5.32 Å². The van der Waals surface area contributed by atoms with Gasteiger partial charge in [0.25, 0.3) is 5.91 Å². The molecule has 0 spiro atoms. The minimum Gasteiger partial charge on any atom is -0.484 e. The number of ether oxygens (including phenoxy) is 1. The third-order valence-electron chi connectivity index (χ3n) is 2.12. The molecule has 94 valence electrons. The van der Waals surface area contributed by atoms with Crippen LogP contribution in [-0.4, -0.2) is 30.3 Å². The van der Waals surface area contributed by atoms with Crippen molar-refractivity contribution in [2.45, 2.75) is 19.6 Å². The number of hydrogen-bond acceptors (Lipinski definition) is 4. The summed E-state index contributed by atoms with van der Waals surface area (Å²) in [5.41, 5.74) is 6.47. The zero-order chi connectivity index (χ0) is 12.7. The smallest absolute Gasteiger partial charge is 0.258 e. The predicted molar refractivity (Wildman–Crippen MR) is 64.5 cm³/mol. The van der Waals surface area contributed by atoms with Crippen molar-refractivity contribution in [3.63, 3.8) is 0 Å². The number of amides is 1. The van der Waals surface area contributed by atoms with Gasteiger partial charge in [0.2, 0.25) is 0 Å². The summed E-state index contributed by atoms with van der Waals surface area (Å²) in [4.78, 5) is 11.3. The van der Waals surface area contributed by atoms with Crippen LogP contribution in [0.5, 0.6) is 5.75 Å². The first-order valence-corrected chi connectivity index (χ1v) is 5.48. The number of aliphatic hydroxyl groups is 1. The van der Waals surface area contributed by atoms with Crippen LogP contribution in [0.4, 0.5) is 0 Å². The van der Waals surface area contributed by atoms with Crippen LogP contribution >= 0.6 is 0 Å². The molecule has 0 saturated carbocycles. The van der Waals surface area contributed by atoms with Crippen LogP contribution < -0.4 is 15.8 Å². The number of carbonyl (C=O) groups is 1. The molecule has 0 bridgehead atoms. The average Bonchev–Trinajstić information content (AvgIpc) is 2.34. The molecule has 0 fully saturated rings. The summed E-state index contributed by atoms with van der Waals surface area (Å²) < 4.78 is 5.27. The van der Waals surface area contributed by atoms with Gasteiger partial charge in [0.1, 0.15) is 5.75 Å². The molecule has 5 heteroatoms. The molecule has 4 N–H and O–H groups in total. The predicted octanol–water partition coefficient (Wildman–Crippen LogP) is 0.0211. The number of benzene rings is 1. The maximum atomic E-state index is 11.3.